The molecule has 1 rings (SSSR count). The summed E-state index contributed by atoms with van der Waals surface area (Å²) in [6.07, 6.45) is 1.69. The van der Waals surface area contributed by atoms with Crippen LogP contribution in [0.4, 0.5) is 4.79 Å². The van der Waals surface area contributed by atoms with Crippen LogP contribution in [0.3, 0.4) is 0 Å². The topological polar surface area (TPSA) is 89.6 Å². The average molecular weight is 215 g/mol. The maximum Gasteiger partial charge on any atom is 0.404 e. The van der Waals surface area contributed by atoms with Crippen molar-refractivity contribution in [2.24, 2.45) is 17.6 Å². The van der Waals surface area contributed by atoms with Gasteiger partial charge in [-0.15, -0.1) is 6.58 Å². The van der Waals surface area contributed by atoms with Gasteiger partial charge in [0.2, 0.25) is 0 Å². The molecule has 0 heterocycles. The minimum absolute atomic E-state index is 0.0995. The van der Waals surface area contributed by atoms with Gasteiger partial charge in [-0.2, -0.15) is 0 Å². The fourth-order valence-corrected chi connectivity index (χ4v) is 0.991. The SMILES string of the molecule is C=CC1CC1C(=O)O.CC(C)OC(N)=O. The van der Waals surface area contributed by atoms with Gasteiger partial charge in [0.1, 0.15) is 0 Å². The first-order valence-corrected chi connectivity index (χ1v) is 4.70. The molecule has 5 nitrogen and oxygen atoms in total. The highest BCUT2D eigenvalue weighted by atomic mass is 16.6. The normalized spacial score (nSPS) is 22.3. The third kappa shape index (κ3) is 6.54. The van der Waals surface area contributed by atoms with Gasteiger partial charge in [0.15, 0.2) is 0 Å². The summed E-state index contributed by atoms with van der Waals surface area (Å²) < 4.78 is 4.39. The van der Waals surface area contributed by atoms with Crippen LogP contribution in [0.15, 0.2) is 12.7 Å². The first-order valence-electron chi connectivity index (χ1n) is 4.70. The number of ether oxygens (including phenoxy) is 1. The fourth-order valence-electron chi connectivity index (χ4n) is 0.991. The van der Waals surface area contributed by atoms with Crippen LogP contribution in [-0.2, 0) is 9.53 Å². The van der Waals surface area contributed by atoms with E-state index in [1.54, 1.807) is 19.9 Å². The zero-order valence-electron chi connectivity index (χ0n) is 8.97. The summed E-state index contributed by atoms with van der Waals surface area (Å²) in [4.78, 5) is 19.9. The van der Waals surface area contributed by atoms with Crippen molar-refractivity contribution in [3.05, 3.63) is 12.7 Å². The highest BCUT2D eigenvalue weighted by Crippen LogP contribution is 2.38. The molecule has 1 aliphatic rings. The Morgan fingerprint density at radius 2 is 2.13 bits per heavy atom. The van der Waals surface area contributed by atoms with Crippen LogP contribution in [0.1, 0.15) is 20.3 Å². The first kappa shape index (κ1) is 13.5. The lowest BCUT2D eigenvalue weighted by molar-refractivity contribution is -0.138. The molecule has 2 atom stereocenters. The quantitative estimate of drug-likeness (QED) is 0.696. The Morgan fingerprint density at radius 1 is 1.60 bits per heavy atom. The standard InChI is InChI=1S/C6H8O2.C4H9NO2/c1-2-4-3-5(4)6(7)8;1-3(2)7-4(5)6/h2,4-5H,1,3H2,(H,7,8);3H,1-2H3,(H2,5,6). The van der Waals surface area contributed by atoms with Crippen LogP contribution in [0.25, 0.3) is 0 Å². The van der Waals surface area contributed by atoms with Crippen LogP contribution in [-0.4, -0.2) is 23.3 Å². The maximum absolute atomic E-state index is 10.1. The molecule has 0 saturated heterocycles. The number of hydrogen-bond donors (Lipinski definition) is 2. The number of carbonyl (C=O) groups excluding carboxylic acids is 1. The summed E-state index contributed by atoms with van der Waals surface area (Å²) in [5, 5.41) is 8.31. The molecule has 1 saturated carbocycles. The molecule has 0 aliphatic heterocycles. The van der Waals surface area contributed by atoms with Gasteiger partial charge in [-0.3, -0.25) is 4.79 Å². The molecule has 0 bridgehead atoms. The number of carbonyl (C=O) groups is 2. The van der Waals surface area contributed by atoms with Gasteiger partial charge in [0.25, 0.3) is 0 Å². The third-order valence-electron chi connectivity index (χ3n) is 1.81. The van der Waals surface area contributed by atoms with E-state index in [-0.39, 0.29) is 17.9 Å². The van der Waals surface area contributed by atoms with Gasteiger partial charge >= 0.3 is 12.1 Å². The molecular formula is C10H17NO4. The van der Waals surface area contributed by atoms with Gasteiger partial charge in [-0.25, -0.2) is 4.79 Å². The molecule has 0 aromatic rings. The summed E-state index contributed by atoms with van der Waals surface area (Å²) in [6, 6.07) is 0. The van der Waals surface area contributed by atoms with Crippen molar-refractivity contribution in [2.75, 3.05) is 0 Å². The number of primary amides is 1. The number of allylic oxidation sites excluding steroid dienone is 1. The Labute approximate surface area is 88.9 Å². The summed E-state index contributed by atoms with van der Waals surface area (Å²) >= 11 is 0. The van der Waals surface area contributed by atoms with Gasteiger partial charge in [-0.1, -0.05) is 6.08 Å². The van der Waals surface area contributed by atoms with Crippen molar-refractivity contribution < 1.29 is 19.4 Å². The van der Waals surface area contributed by atoms with E-state index in [1.165, 1.54) is 0 Å². The Balaban J connectivity index is 0.000000265. The molecule has 0 aromatic carbocycles. The van der Waals surface area contributed by atoms with Crippen molar-refractivity contribution in [1.82, 2.24) is 0 Å². The number of amides is 1. The second-order valence-electron chi connectivity index (χ2n) is 3.57. The largest absolute Gasteiger partial charge is 0.481 e. The monoisotopic (exact) mass is 215 g/mol. The van der Waals surface area contributed by atoms with Crippen LogP contribution in [0.5, 0.6) is 0 Å². The van der Waals surface area contributed by atoms with E-state index in [4.69, 9.17) is 5.11 Å². The van der Waals surface area contributed by atoms with Crippen LogP contribution in [0, 0.1) is 11.8 Å². The molecule has 0 radical (unpaired) electrons. The first-order chi connectivity index (χ1) is 6.88. The van der Waals surface area contributed by atoms with E-state index in [0.717, 1.165) is 6.42 Å². The Kier molecular flexibility index (Phi) is 5.44. The van der Waals surface area contributed by atoms with Gasteiger partial charge in [0.05, 0.1) is 12.0 Å². The van der Waals surface area contributed by atoms with Crippen molar-refractivity contribution >= 4 is 12.1 Å². The van der Waals surface area contributed by atoms with Crippen LogP contribution < -0.4 is 5.73 Å². The molecule has 1 amide bonds. The molecule has 1 aliphatic carbocycles. The number of carboxylic acids is 1. The van der Waals surface area contributed by atoms with E-state index in [1.807, 2.05) is 0 Å². The predicted molar refractivity (Wildman–Crippen MR) is 55.2 cm³/mol. The fraction of sp³-hybridized carbons (Fsp3) is 0.600. The van der Waals surface area contributed by atoms with E-state index in [2.05, 4.69) is 17.0 Å². The van der Waals surface area contributed by atoms with Gasteiger partial charge in [-0.05, 0) is 26.2 Å². The van der Waals surface area contributed by atoms with Crippen molar-refractivity contribution in [3.63, 3.8) is 0 Å². The van der Waals surface area contributed by atoms with Gasteiger partial charge in [0, 0.05) is 0 Å². The van der Waals surface area contributed by atoms with Crippen molar-refractivity contribution in [3.8, 4) is 0 Å². The van der Waals surface area contributed by atoms with E-state index in [9.17, 15) is 9.59 Å². The number of nitrogens with two attached hydrogens (primary N) is 1. The van der Waals surface area contributed by atoms with E-state index >= 15 is 0 Å². The molecule has 1 fully saturated rings. The molecule has 15 heavy (non-hydrogen) atoms. The average Bonchev–Trinajstić information content (AvgIpc) is 2.80. The molecule has 5 heteroatoms. The molecule has 3 N–H and O–H groups in total. The van der Waals surface area contributed by atoms with E-state index in [0.29, 0.717) is 0 Å². The summed E-state index contributed by atoms with van der Waals surface area (Å²) in [7, 11) is 0. The number of carboxylic acid groups (broad SMARTS) is 1. The zero-order valence-corrected chi connectivity index (χ0v) is 8.97. The predicted octanol–water partition coefficient (Wildman–Crippen LogP) is 1.38. The lowest BCUT2D eigenvalue weighted by Crippen LogP contribution is -2.17. The van der Waals surface area contributed by atoms with Crippen molar-refractivity contribution in [1.29, 1.82) is 0 Å². The maximum atomic E-state index is 10.1. The van der Waals surface area contributed by atoms with Gasteiger partial charge < -0.3 is 15.6 Å². The third-order valence-corrected chi connectivity index (χ3v) is 1.81. The number of aliphatic carboxylic acids is 1. The molecule has 0 spiro atoms. The minimum atomic E-state index is -0.713. The molecule has 0 aromatic heterocycles. The number of rotatable bonds is 3. The Bertz CT molecular complexity index is 250. The molecule has 2 unspecified atom stereocenters. The second kappa shape index (κ2) is 6.06. The second-order valence-corrected chi connectivity index (χ2v) is 3.57. The lowest BCUT2D eigenvalue weighted by atomic mass is 10.3. The summed E-state index contributed by atoms with van der Waals surface area (Å²) in [5.41, 5.74) is 4.63. The van der Waals surface area contributed by atoms with Crippen molar-refractivity contribution in [2.45, 2.75) is 26.4 Å². The smallest absolute Gasteiger partial charge is 0.404 e. The lowest BCUT2D eigenvalue weighted by Gasteiger charge is -2.01. The zero-order chi connectivity index (χ0) is 12.0. The Hall–Kier alpha value is -1.52. The van der Waals surface area contributed by atoms with Crippen LogP contribution in [0.2, 0.25) is 0 Å². The Morgan fingerprint density at radius 3 is 2.20 bits per heavy atom. The highest BCUT2D eigenvalue weighted by Gasteiger charge is 2.40. The highest BCUT2D eigenvalue weighted by molar-refractivity contribution is 5.73. The van der Waals surface area contributed by atoms with E-state index < -0.39 is 12.1 Å². The summed E-state index contributed by atoms with van der Waals surface area (Å²) in [5.74, 6) is -0.546. The summed E-state index contributed by atoms with van der Waals surface area (Å²) in [6.45, 7) is 6.97. The number of hydrogen-bond acceptors (Lipinski definition) is 3. The molecule has 86 valence electrons. The molecular weight excluding hydrogens is 198 g/mol. The minimum Gasteiger partial charge on any atom is -0.481 e. The van der Waals surface area contributed by atoms with Crippen LogP contribution >= 0.6 is 0 Å².